The third kappa shape index (κ3) is 3.64. The number of ether oxygens (including phenoxy) is 1. The van der Waals surface area contributed by atoms with E-state index in [-0.39, 0.29) is 0 Å². The van der Waals surface area contributed by atoms with Crippen LogP contribution >= 0.6 is 0 Å². The zero-order chi connectivity index (χ0) is 19.3. The van der Waals surface area contributed by atoms with E-state index in [1.54, 1.807) is 7.11 Å². The van der Waals surface area contributed by atoms with Crippen LogP contribution in [0, 0.1) is 11.3 Å². The molecule has 1 heterocycles. The van der Waals surface area contributed by atoms with E-state index in [1.807, 2.05) is 30.3 Å². The SMILES string of the molecule is COc1ccc(-c2cc(-c3ccccc3)[o+]c3c2CCCC3CCC#N)cc1. The third-order valence-electron chi connectivity index (χ3n) is 5.53. The van der Waals surface area contributed by atoms with Gasteiger partial charge in [-0.1, -0.05) is 30.3 Å². The fraction of sp³-hybridized carbons (Fsp3) is 0.280. The fourth-order valence-electron chi connectivity index (χ4n) is 4.09. The van der Waals surface area contributed by atoms with Crippen LogP contribution in [-0.4, -0.2) is 7.11 Å². The molecule has 2 aromatic carbocycles. The van der Waals surface area contributed by atoms with Gasteiger partial charge in [0.2, 0.25) is 0 Å². The van der Waals surface area contributed by atoms with E-state index in [4.69, 9.17) is 14.4 Å². The van der Waals surface area contributed by atoms with Crippen molar-refractivity contribution in [2.75, 3.05) is 7.11 Å². The van der Waals surface area contributed by atoms with Crippen LogP contribution in [0.2, 0.25) is 0 Å². The topological polar surface area (TPSA) is 44.3 Å². The zero-order valence-corrected chi connectivity index (χ0v) is 16.2. The fourth-order valence-corrected chi connectivity index (χ4v) is 4.09. The van der Waals surface area contributed by atoms with Crippen LogP contribution in [-0.2, 0) is 6.42 Å². The molecule has 0 radical (unpaired) electrons. The number of rotatable bonds is 5. The molecule has 3 heteroatoms. The summed E-state index contributed by atoms with van der Waals surface area (Å²) in [4.78, 5) is 0. The van der Waals surface area contributed by atoms with Crippen molar-refractivity contribution in [1.82, 2.24) is 0 Å². The molecule has 1 aliphatic rings. The Hall–Kier alpha value is -3.12. The second-order valence-electron chi connectivity index (χ2n) is 7.25. The number of methoxy groups -OCH3 is 1. The minimum atomic E-state index is 0.309. The number of benzene rings is 2. The maximum Gasteiger partial charge on any atom is 0.360 e. The Morgan fingerprint density at radius 1 is 1.07 bits per heavy atom. The van der Waals surface area contributed by atoms with Crippen molar-refractivity contribution in [1.29, 1.82) is 5.26 Å². The van der Waals surface area contributed by atoms with Gasteiger partial charge < -0.3 is 4.74 Å². The van der Waals surface area contributed by atoms with Gasteiger partial charge in [0.25, 0.3) is 0 Å². The van der Waals surface area contributed by atoms with Crippen molar-refractivity contribution in [3.63, 3.8) is 0 Å². The summed E-state index contributed by atoms with van der Waals surface area (Å²) >= 11 is 0. The van der Waals surface area contributed by atoms with Gasteiger partial charge in [-0.15, -0.1) is 0 Å². The summed E-state index contributed by atoms with van der Waals surface area (Å²) in [6.45, 7) is 0. The average molecular weight is 370 g/mol. The van der Waals surface area contributed by atoms with E-state index in [1.165, 1.54) is 16.7 Å². The molecular formula is C25H24NO2+. The minimum Gasteiger partial charge on any atom is -0.497 e. The summed E-state index contributed by atoms with van der Waals surface area (Å²) in [5, 5.41) is 9.07. The van der Waals surface area contributed by atoms with E-state index in [9.17, 15) is 0 Å². The Labute approximate surface area is 166 Å². The lowest BCUT2D eigenvalue weighted by atomic mass is 9.81. The Kier molecular flexibility index (Phi) is 5.39. The highest BCUT2D eigenvalue weighted by atomic mass is 16.5. The molecule has 0 fully saturated rings. The normalized spacial score (nSPS) is 15.5. The van der Waals surface area contributed by atoms with Gasteiger partial charge in [0.05, 0.1) is 36.3 Å². The molecule has 1 unspecified atom stereocenters. The first-order chi connectivity index (χ1) is 13.8. The summed E-state index contributed by atoms with van der Waals surface area (Å²) in [5.41, 5.74) is 4.76. The summed E-state index contributed by atoms with van der Waals surface area (Å²) in [6.07, 6.45) is 4.64. The third-order valence-corrected chi connectivity index (χ3v) is 5.53. The second kappa shape index (κ2) is 8.27. The molecule has 140 valence electrons. The van der Waals surface area contributed by atoms with Crippen molar-refractivity contribution in [2.24, 2.45) is 0 Å². The molecule has 3 aromatic rings. The van der Waals surface area contributed by atoms with Gasteiger partial charge in [0, 0.05) is 12.0 Å². The lowest BCUT2D eigenvalue weighted by Crippen LogP contribution is -2.11. The van der Waals surface area contributed by atoms with Crippen LogP contribution < -0.4 is 4.74 Å². The van der Waals surface area contributed by atoms with E-state index < -0.39 is 0 Å². The highest BCUT2D eigenvalue weighted by molar-refractivity contribution is 5.74. The molecule has 0 saturated heterocycles. The Balaban J connectivity index is 1.87. The molecule has 0 N–H and O–H groups in total. The molecule has 0 amide bonds. The largest absolute Gasteiger partial charge is 0.497 e. The number of fused-ring (bicyclic) bond motifs is 1. The smallest absolute Gasteiger partial charge is 0.360 e. The molecule has 28 heavy (non-hydrogen) atoms. The number of hydrogen-bond donors (Lipinski definition) is 0. The lowest BCUT2D eigenvalue weighted by Gasteiger charge is -2.19. The van der Waals surface area contributed by atoms with Crippen molar-refractivity contribution < 1.29 is 9.15 Å². The van der Waals surface area contributed by atoms with Gasteiger partial charge in [0.15, 0.2) is 0 Å². The Morgan fingerprint density at radius 3 is 2.57 bits per heavy atom. The molecule has 3 nitrogen and oxygen atoms in total. The van der Waals surface area contributed by atoms with Gasteiger partial charge in [-0.05, 0) is 55.5 Å². The van der Waals surface area contributed by atoms with Crippen molar-refractivity contribution >= 4 is 0 Å². The molecule has 0 spiro atoms. The van der Waals surface area contributed by atoms with Gasteiger partial charge in [-0.2, -0.15) is 5.26 Å². The summed E-state index contributed by atoms with van der Waals surface area (Å²) in [6, 6.07) is 22.9. The minimum absolute atomic E-state index is 0.309. The quantitative estimate of drug-likeness (QED) is 0.474. The molecule has 1 aromatic heterocycles. The standard InChI is InChI=1S/C25H24NO2/c1-27-21-14-12-18(13-15-21)23-17-24(19-7-3-2-4-8-19)28-25-20(10-6-16-26)9-5-11-22(23)25/h2-4,7-8,12-15,17,20H,5-6,9-11H2,1H3/q+1. The number of hydrogen-bond acceptors (Lipinski definition) is 2. The first kappa shape index (κ1) is 18.3. The molecule has 0 saturated carbocycles. The average Bonchev–Trinajstić information content (AvgIpc) is 2.77. The monoisotopic (exact) mass is 370 g/mol. The van der Waals surface area contributed by atoms with Gasteiger partial charge >= 0.3 is 11.5 Å². The first-order valence-corrected chi connectivity index (χ1v) is 9.87. The lowest BCUT2D eigenvalue weighted by molar-refractivity contribution is 0.394. The first-order valence-electron chi connectivity index (χ1n) is 9.87. The summed E-state index contributed by atoms with van der Waals surface area (Å²) < 4.78 is 11.8. The molecule has 1 atom stereocenters. The summed E-state index contributed by atoms with van der Waals surface area (Å²) in [7, 11) is 1.69. The zero-order valence-electron chi connectivity index (χ0n) is 16.2. The van der Waals surface area contributed by atoms with E-state index >= 15 is 0 Å². The van der Waals surface area contributed by atoms with Crippen LogP contribution in [0.4, 0.5) is 0 Å². The highest BCUT2D eigenvalue weighted by Crippen LogP contribution is 2.42. The van der Waals surface area contributed by atoms with Crippen LogP contribution in [0.15, 0.2) is 65.1 Å². The van der Waals surface area contributed by atoms with Gasteiger partial charge in [-0.3, -0.25) is 0 Å². The Morgan fingerprint density at radius 2 is 1.86 bits per heavy atom. The van der Waals surface area contributed by atoms with E-state index in [0.717, 1.165) is 48.5 Å². The predicted molar refractivity (Wildman–Crippen MR) is 111 cm³/mol. The van der Waals surface area contributed by atoms with E-state index in [2.05, 4.69) is 36.4 Å². The molecule has 0 aliphatic heterocycles. The summed E-state index contributed by atoms with van der Waals surface area (Å²) in [5.74, 6) is 3.11. The van der Waals surface area contributed by atoms with Crippen molar-refractivity contribution in [2.45, 2.75) is 38.0 Å². The maximum atomic E-state index is 9.07. The van der Waals surface area contributed by atoms with Gasteiger partial charge in [-0.25, -0.2) is 4.42 Å². The number of nitriles is 1. The molecule has 1 aliphatic carbocycles. The van der Waals surface area contributed by atoms with Crippen molar-refractivity contribution in [3.8, 4) is 34.3 Å². The van der Waals surface area contributed by atoms with Crippen LogP contribution in [0.25, 0.3) is 22.5 Å². The van der Waals surface area contributed by atoms with E-state index in [0.29, 0.717) is 12.3 Å². The predicted octanol–water partition coefficient (Wildman–Crippen LogP) is 6.63. The number of nitrogens with zero attached hydrogens (tertiary/aromatic N) is 1. The Bertz CT molecular complexity index is 988. The molecular weight excluding hydrogens is 346 g/mol. The van der Waals surface area contributed by atoms with Crippen molar-refractivity contribution in [3.05, 3.63) is 72.0 Å². The maximum absolute atomic E-state index is 9.07. The van der Waals surface area contributed by atoms with Crippen LogP contribution in [0.1, 0.15) is 42.9 Å². The second-order valence-corrected chi connectivity index (χ2v) is 7.25. The molecule has 4 rings (SSSR count). The van der Waals surface area contributed by atoms with Gasteiger partial charge in [0.1, 0.15) is 5.75 Å². The van der Waals surface area contributed by atoms with Crippen LogP contribution in [0.5, 0.6) is 5.75 Å². The molecule has 0 bridgehead atoms. The van der Waals surface area contributed by atoms with Crippen LogP contribution in [0.3, 0.4) is 0 Å². The highest BCUT2D eigenvalue weighted by Gasteiger charge is 2.35.